The molecular formula is C60H36N4S. The Morgan fingerprint density at radius 1 is 0.354 bits per heavy atom. The van der Waals surface area contributed by atoms with E-state index in [4.69, 9.17) is 9.97 Å². The van der Waals surface area contributed by atoms with E-state index in [1.165, 1.54) is 91.0 Å². The van der Waals surface area contributed by atoms with Crippen LogP contribution in [0.1, 0.15) is 0 Å². The number of thiophene rings is 1. The predicted molar refractivity (Wildman–Crippen MR) is 275 cm³/mol. The van der Waals surface area contributed by atoms with Gasteiger partial charge < -0.3 is 9.13 Å². The Labute approximate surface area is 377 Å². The summed E-state index contributed by atoms with van der Waals surface area (Å²) in [5.41, 5.74) is 12.0. The van der Waals surface area contributed by atoms with Gasteiger partial charge in [0, 0.05) is 74.9 Å². The summed E-state index contributed by atoms with van der Waals surface area (Å²) in [5.74, 6) is 0.711. The molecule has 0 aliphatic carbocycles. The summed E-state index contributed by atoms with van der Waals surface area (Å²) < 4.78 is 7.55. The van der Waals surface area contributed by atoms with Crippen molar-refractivity contribution >= 4 is 96.7 Å². The van der Waals surface area contributed by atoms with Crippen molar-refractivity contribution in [1.82, 2.24) is 19.1 Å². The van der Waals surface area contributed by atoms with Gasteiger partial charge in [-0.3, -0.25) is 0 Å². The molecule has 0 bridgehead atoms. The summed E-state index contributed by atoms with van der Waals surface area (Å²) in [4.78, 5) is 10.2. The lowest BCUT2D eigenvalue weighted by atomic mass is 9.99. The highest BCUT2D eigenvalue weighted by atomic mass is 32.1. The van der Waals surface area contributed by atoms with Crippen molar-refractivity contribution in [3.05, 3.63) is 218 Å². The zero-order valence-corrected chi connectivity index (χ0v) is 35.8. The largest absolute Gasteiger partial charge is 0.309 e. The molecule has 5 heteroatoms. The Hall–Kier alpha value is -8.38. The average Bonchev–Trinajstić information content (AvgIpc) is 4.04. The minimum Gasteiger partial charge on any atom is -0.309 e. The van der Waals surface area contributed by atoms with Crippen LogP contribution < -0.4 is 0 Å². The number of benzene rings is 10. The zero-order valence-electron chi connectivity index (χ0n) is 35.0. The topological polar surface area (TPSA) is 35.6 Å². The van der Waals surface area contributed by atoms with E-state index >= 15 is 0 Å². The predicted octanol–water partition coefficient (Wildman–Crippen LogP) is 16.3. The van der Waals surface area contributed by atoms with Crippen molar-refractivity contribution in [3.63, 3.8) is 0 Å². The Kier molecular flexibility index (Phi) is 7.82. The Morgan fingerprint density at radius 2 is 0.938 bits per heavy atom. The molecule has 65 heavy (non-hydrogen) atoms. The molecule has 0 radical (unpaired) electrons. The van der Waals surface area contributed by atoms with Gasteiger partial charge in [0.1, 0.15) is 0 Å². The van der Waals surface area contributed by atoms with Crippen LogP contribution in [0, 0.1) is 0 Å². The number of hydrogen-bond acceptors (Lipinski definition) is 3. The monoisotopic (exact) mass is 844 g/mol. The van der Waals surface area contributed by atoms with Gasteiger partial charge in [0.15, 0.2) is 5.82 Å². The summed E-state index contributed by atoms with van der Waals surface area (Å²) >= 11 is 1.92. The van der Waals surface area contributed by atoms with Gasteiger partial charge in [0.2, 0.25) is 0 Å². The zero-order chi connectivity index (χ0) is 42.6. The first-order valence-electron chi connectivity index (χ1n) is 22.1. The number of nitrogens with zero attached hydrogens (tertiary/aromatic N) is 4. The summed E-state index contributed by atoms with van der Waals surface area (Å²) in [7, 11) is 0. The second-order valence-corrected chi connectivity index (χ2v) is 17.9. The molecule has 0 amide bonds. The van der Waals surface area contributed by atoms with E-state index in [2.05, 4.69) is 203 Å². The van der Waals surface area contributed by atoms with Crippen molar-refractivity contribution in [2.24, 2.45) is 0 Å². The second kappa shape index (κ2) is 14.1. The van der Waals surface area contributed by atoms with Gasteiger partial charge in [-0.15, -0.1) is 11.3 Å². The summed E-state index contributed by atoms with van der Waals surface area (Å²) in [5, 5.41) is 12.7. The maximum Gasteiger partial charge on any atom is 0.160 e. The number of fused-ring (bicyclic) bond motifs is 14. The van der Waals surface area contributed by atoms with Crippen molar-refractivity contribution in [2.45, 2.75) is 0 Å². The van der Waals surface area contributed by atoms with Gasteiger partial charge in [-0.25, -0.2) is 9.97 Å². The van der Waals surface area contributed by atoms with Crippen molar-refractivity contribution in [1.29, 1.82) is 0 Å². The first-order chi connectivity index (χ1) is 32.2. The molecule has 4 nitrogen and oxygen atoms in total. The Bertz CT molecular complexity index is 4150. The number of hydrogen-bond donors (Lipinski definition) is 0. The van der Waals surface area contributed by atoms with E-state index in [-0.39, 0.29) is 0 Å². The lowest BCUT2D eigenvalue weighted by Gasteiger charge is -2.13. The molecule has 14 aromatic rings. The van der Waals surface area contributed by atoms with E-state index in [9.17, 15) is 0 Å². The van der Waals surface area contributed by atoms with Crippen LogP contribution in [0.5, 0.6) is 0 Å². The molecule has 0 spiro atoms. The number of aromatic nitrogens is 4. The standard InChI is InChI=1S/C60H36N4S/c1-3-17-38(18-4-1)49-35-50(62-60(61-49)40-19-5-2-6-20-40)39-30-32-41(33-31-39)63-53-28-14-12-26-46(53)57-58(63)45-25-10-9-24-44(45)56-48-34-47-43-23-11-13-27-52(43)64(54(47)36-55(48)65-59(56)57)51-29-15-21-37-16-7-8-22-42(37)51/h1-36H. The van der Waals surface area contributed by atoms with Crippen LogP contribution in [0.25, 0.3) is 131 Å². The van der Waals surface area contributed by atoms with Crippen LogP contribution >= 0.6 is 11.3 Å². The molecule has 0 aliphatic rings. The van der Waals surface area contributed by atoms with E-state index in [1.54, 1.807) is 0 Å². The highest BCUT2D eigenvalue weighted by Gasteiger charge is 2.24. The molecule has 0 atom stereocenters. The summed E-state index contributed by atoms with van der Waals surface area (Å²) in [6.45, 7) is 0. The fourth-order valence-electron chi connectivity index (χ4n) is 10.4. The molecule has 14 rings (SSSR count). The van der Waals surface area contributed by atoms with Gasteiger partial charge in [0.05, 0.1) is 39.1 Å². The highest BCUT2D eigenvalue weighted by molar-refractivity contribution is 7.27. The highest BCUT2D eigenvalue weighted by Crippen LogP contribution is 2.50. The molecule has 0 N–H and O–H groups in total. The molecule has 4 aromatic heterocycles. The average molecular weight is 845 g/mol. The first-order valence-corrected chi connectivity index (χ1v) is 22.9. The third kappa shape index (κ3) is 5.43. The normalized spacial score (nSPS) is 12.0. The Balaban J connectivity index is 1.00. The van der Waals surface area contributed by atoms with Gasteiger partial charge in [-0.05, 0) is 59.3 Å². The first kappa shape index (κ1) is 36.1. The van der Waals surface area contributed by atoms with Crippen LogP contribution in [-0.4, -0.2) is 19.1 Å². The minimum atomic E-state index is 0.711. The quantitative estimate of drug-likeness (QED) is 0.173. The van der Waals surface area contributed by atoms with Crippen LogP contribution in [-0.2, 0) is 0 Å². The van der Waals surface area contributed by atoms with Crippen molar-refractivity contribution < 1.29 is 0 Å². The van der Waals surface area contributed by atoms with Gasteiger partial charge >= 0.3 is 0 Å². The van der Waals surface area contributed by atoms with E-state index in [0.717, 1.165) is 33.8 Å². The SMILES string of the molecule is c1ccc(-c2cc(-c3ccc(-n4c5ccccc5c5c6sc7cc8c(cc7c6c6ccccc6c54)c4ccccc4n8-c4cccc5ccccc45)cc3)nc(-c3ccccc3)n2)cc1. The van der Waals surface area contributed by atoms with E-state index < -0.39 is 0 Å². The molecule has 0 fully saturated rings. The summed E-state index contributed by atoms with van der Waals surface area (Å²) in [6.07, 6.45) is 0. The molecule has 0 aliphatic heterocycles. The summed E-state index contributed by atoms with van der Waals surface area (Å²) in [6, 6.07) is 78.8. The fraction of sp³-hybridized carbons (Fsp3) is 0. The van der Waals surface area contributed by atoms with Crippen LogP contribution in [0.4, 0.5) is 0 Å². The second-order valence-electron chi connectivity index (χ2n) is 16.9. The maximum atomic E-state index is 5.14. The third-order valence-corrected chi connectivity index (χ3v) is 14.5. The van der Waals surface area contributed by atoms with Gasteiger partial charge in [0.25, 0.3) is 0 Å². The molecule has 4 heterocycles. The lowest BCUT2D eigenvalue weighted by Crippen LogP contribution is -1.97. The maximum absolute atomic E-state index is 5.14. The van der Waals surface area contributed by atoms with Gasteiger partial charge in [-0.1, -0.05) is 170 Å². The van der Waals surface area contributed by atoms with E-state index in [1.807, 2.05) is 35.6 Å². The molecule has 0 unspecified atom stereocenters. The van der Waals surface area contributed by atoms with E-state index in [0.29, 0.717) is 5.82 Å². The number of para-hydroxylation sites is 2. The van der Waals surface area contributed by atoms with Crippen LogP contribution in [0.15, 0.2) is 218 Å². The smallest absolute Gasteiger partial charge is 0.160 e. The van der Waals surface area contributed by atoms with Crippen LogP contribution in [0.3, 0.4) is 0 Å². The molecule has 302 valence electrons. The van der Waals surface area contributed by atoms with Crippen molar-refractivity contribution in [3.8, 4) is 45.3 Å². The Morgan fingerprint density at radius 3 is 1.69 bits per heavy atom. The number of rotatable bonds is 5. The minimum absolute atomic E-state index is 0.711. The molecule has 0 saturated carbocycles. The van der Waals surface area contributed by atoms with Crippen LogP contribution in [0.2, 0.25) is 0 Å². The van der Waals surface area contributed by atoms with Crippen molar-refractivity contribution in [2.75, 3.05) is 0 Å². The molecule has 10 aromatic carbocycles. The fourth-order valence-corrected chi connectivity index (χ4v) is 11.7. The molecule has 0 saturated heterocycles. The lowest BCUT2D eigenvalue weighted by molar-refractivity contribution is 1.17. The van der Waals surface area contributed by atoms with Gasteiger partial charge in [-0.2, -0.15) is 0 Å². The molecular weight excluding hydrogens is 809 g/mol. The third-order valence-electron chi connectivity index (χ3n) is 13.3.